The Morgan fingerprint density at radius 2 is 2.53 bits per heavy atom. The lowest BCUT2D eigenvalue weighted by atomic mass is 10.2. The normalized spacial score (nSPS) is 19.2. The zero-order chi connectivity index (χ0) is 13.7. The topological polar surface area (TPSA) is 62.1 Å². The van der Waals surface area contributed by atoms with Gasteiger partial charge in [0, 0.05) is 18.0 Å². The largest absolute Gasteiger partial charge is 0.376 e. The molecule has 2 rings (SSSR count). The molecule has 1 aromatic rings. The molecule has 0 aliphatic carbocycles. The van der Waals surface area contributed by atoms with Crippen molar-refractivity contribution in [2.45, 2.75) is 18.9 Å². The summed E-state index contributed by atoms with van der Waals surface area (Å²) in [6, 6.07) is 5.68. The molecule has 100 valence electrons. The molecule has 6 heteroatoms. The first-order valence-electron chi connectivity index (χ1n) is 5.96. The smallest absolute Gasteiger partial charge is 0.262 e. The maximum absolute atomic E-state index is 11.9. The van der Waals surface area contributed by atoms with Gasteiger partial charge in [-0.15, -0.1) is 11.3 Å². The number of nitriles is 1. The lowest BCUT2D eigenvalue weighted by molar-refractivity contribution is -0.117. The summed E-state index contributed by atoms with van der Waals surface area (Å²) < 4.78 is 6.39. The average Bonchev–Trinajstić information content (AvgIpc) is 3.04. The van der Waals surface area contributed by atoms with Crippen molar-refractivity contribution in [3.05, 3.63) is 26.4 Å². The number of ether oxygens (including phenoxy) is 1. The first-order chi connectivity index (χ1) is 9.19. The highest BCUT2D eigenvalue weighted by Crippen LogP contribution is 2.24. The third-order valence-electron chi connectivity index (χ3n) is 2.76. The van der Waals surface area contributed by atoms with Crippen LogP contribution in [-0.4, -0.2) is 25.2 Å². The van der Waals surface area contributed by atoms with E-state index in [1.807, 2.05) is 18.2 Å². The first-order valence-corrected chi connectivity index (χ1v) is 7.57. The standard InChI is InChI=1S/C13H13BrN2O2S/c14-12-4-3-11(19-12)6-9(7-15)13(17)16-8-10-2-1-5-18-10/h3-4,6,10H,1-2,5,8H2,(H,16,17)/b9-6+/t10-/m1/s1. The molecule has 0 bridgehead atoms. The molecule has 0 spiro atoms. The zero-order valence-corrected chi connectivity index (χ0v) is 12.6. The van der Waals surface area contributed by atoms with Crippen LogP contribution >= 0.6 is 27.3 Å². The minimum Gasteiger partial charge on any atom is -0.376 e. The molecule has 0 saturated carbocycles. The van der Waals surface area contributed by atoms with E-state index < -0.39 is 0 Å². The number of nitrogens with zero attached hydrogens (tertiary/aromatic N) is 1. The molecular formula is C13H13BrN2O2S. The quantitative estimate of drug-likeness (QED) is 0.677. The molecule has 1 saturated heterocycles. The van der Waals surface area contributed by atoms with Gasteiger partial charge in [0.15, 0.2) is 0 Å². The minimum absolute atomic E-state index is 0.0831. The van der Waals surface area contributed by atoms with Gasteiger partial charge < -0.3 is 10.1 Å². The number of carbonyl (C=O) groups excluding carboxylic acids is 1. The van der Waals surface area contributed by atoms with E-state index in [0.29, 0.717) is 6.54 Å². The fourth-order valence-corrected chi connectivity index (χ4v) is 3.17. The molecule has 0 radical (unpaired) electrons. The molecule has 1 amide bonds. The van der Waals surface area contributed by atoms with Gasteiger partial charge in [-0.3, -0.25) is 4.79 Å². The monoisotopic (exact) mass is 340 g/mol. The van der Waals surface area contributed by atoms with Crippen LogP contribution in [0.25, 0.3) is 6.08 Å². The number of rotatable bonds is 4. The molecular weight excluding hydrogens is 328 g/mol. The Balaban J connectivity index is 1.95. The van der Waals surface area contributed by atoms with E-state index in [0.717, 1.165) is 28.1 Å². The van der Waals surface area contributed by atoms with Gasteiger partial charge >= 0.3 is 0 Å². The molecule has 4 nitrogen and oxygen atoms in total. The van der Waals surface area contributed by atoms with Crippen molar-refractivity contribution in [3.63, 3.8) is 0 Å². The molecule has 1 atom stereocenters. The van der Waals surface area contributed by atoms with Gasteiger partial charge in [-0.25, -0.2) is 0 Å². The van der Waals surface area contributed by atoms with E-state index in [2.05, 4.69) is 21.2 Å². The van der Waals surface area contributed by atoms with Gasteiger partial charge in [0.05, 0.1) is 9.89 Å². The SMILES string of the molecule is N#C/C(=C\c1ccc(Br)s1)C(=O)NC[C@H]1CCCO1. The molecule has 2 heterocycles. The molecule has 1 aliphatic rings. The first kappa shape index (κ1) is 14.3. The molecule has 19 heavy (non-hydrogen) atoms. The predicted octanol–water partition coefficient (Wildman–Crippen LogP) is 2.71. The Morgan fingerprint density at radius 1 is 1.68 bits per heavy atom. The van der Waals surface area contributed by atoms with Gasteiger partial charge in [-0.1, -0.05) is 0 Å². The van der Waals surface area contributed by atoms with Gasteiger partial charge in [-0.05, 0) is 47.0 Å². The fourth-order valence-electron chi connectivity index (χ4n) is 1.80. The minimum atomic E-state index is -0.345. The fraction of sp³-hybridized carbons (Fsp3) is 0.385. The number of hydrogen-bond acceptors (Lipinski definition) is 4. The van der Waals surface area contributed by atoms with E-state index >= 15 is 0 Å². The van der Waals surface area contributed by atoms with Crippen LogP contribution in [0.2, 0.25) is 0 Å². The van der Waals surface area contributed by atoms with Gasteiger partial charge in [0.2, 0.25) is 0 Å². The lowest BCUT2D eigenvalue weighted by Crippen LogP contribution is -2.32. The van der Waals surface area contributed by atoms with Crippen molar-refractivity contribution < 1.29 is 9.53 Å². The highest BCUT2D eigenvalue weighted by molar-refractivity contribution is 9.11. The van der Waals surface area contributed by atoms with Crippen molar-refractivity contribution in [1.82, 2.24) is 5.32 Å². The molecule has 0 aromatic carbocycles. The van der Waals surface area contributed by atoms with Gasteiger partial charge in [0.25, 0.3) is 5.91 Å². The van der Waals surface area contributed by atoms with Crippen LogP contribution in [0.1, 0.15) is 17.7 Å². The van der Waals surface area contributed by atoms with Crippen LogP contribution < -0.4 is 5.32 Å². The van der Waals surface area contributed by atoms with Crippen molar-refractivity contribution in [2.75, 3.05) is 13.2 Å². The molecule has 1 aliphatic heterocycles. The Labute approximate surface area is 124 Å². The summed E-state index contributed by atoms with van der Waals surface area (Å²) >= 11 is 4.82. The summed E-state index contributed by atoms with van der Waals surface area (Å²) in [6.45, 7) is 1.22. The number of thiophene rings is 1. The second kappa shape index (κ2) is 6.85. The number of carbonyl (C=O) groups is 1. The number of halogens is 1. The van der Waals surface area contributed by atoms with Crippen LogP contribution in [0.5, 0.6) is 0 Å². The van der Waals surface area contributed by atoms with Crippen LogP contribution in [0.15, 0.2) is 21.5 Å². The third kappa shape index (κ3) is 4.16. The highest BCUT2D eigenvalue weighted by atomic mass is 79.9. The molecule has 1 aromatic heterocycles. The van der Waals surface area contributed by atoms with Gasteiger partial charge in [0.1, 0.15) is 11.6 Å². The lowest BCUT2D eigenvalue weighted by Gasteiger charge is -2.09. The summed E-state index contributed by atoms with van der Waals surface area (Å²) in [5.74, 6) is -0.345. The van der Waals surface area contributed by atoms with Gasteiger partial charge in [-0.2, -0.15) is 5.26 Å². The summed E-state index contributed by atoms with van der Waals surface area (Å²) in [5, 5.41) is 11.8. The van der Waals surface area contributed by atoms with Crippen LogP contribution in [0.4, 0.5) is 0 Å². The van der Waals surface area contributed by atoms with E-state index in [9.17, 15) is 4.79 Å². The van der Waals surface area contributed by atoms with E-state index in [4.69, 9.17) is 10.00 Å². The van der Waals surface area contributed by atoms with Crippen LogP contribution in [0.3, 0.4) is 0 Å². The Morgan fingerprint density at radius 3 is 3.11 bits per heavy atom. The molecule has 1 N–H and O–H groups in total. The maximum atomic E-state index is 11.9. The molecule has 0 unspecified atom stereocenters. The second-order valence-electron chi connectivity index (χ2n) is 4.16. The number of nitrogens with one attached hydrogen (secondary N) is 1. The highest BCUT2D eigenvalue weighted by Gasteiger charge is 2.17. The number of amides is 1. The van der Waals surface area contributed by atoms with E-state index in [1.54, 1.807) is 6.08 Å². The summed E-state index contributed by atoms with van der Waals surface area (Å²) in [6.07, 6.45) is 3.68. The Kier molecular flexibility index (Phi) is 5.14. The van der Waals surface area contributed by atoms with Crippen molar-refractivity contribution >= 4 is 39.2 Å². The molecule has 1 fully saturated rings. The van der Waals surface area contributed by atoms with E-state index in [-0.39, 0.29) is 17.6 Å². The summed E-state index contributed by atoms with van der Waals surface area (Å²) in [7, 11) is 0. The van der Waals surface area contributed by atoms with Crippen molar-refractivity contribution in [2.24, 2.45) is 0 Å². The third-order valence-corrected chi connectivity index (χ3v) is 4.33. The number of hydrogen-bond donors (Lipinski definition) is 1. The van der Waals surface area contributed by atoms with Crippen molar-refractivity contribution in [1.29, 1.82) is 5.26 Å². The maximum Gasteiger partial charge on any atom is 0.262 e. The van der Waals surface area contributed by atoms with Crippen LogP contribution in [-0.2, 0) is 9.53 Å². The van der Waals surface area contributed by atoms with Crippen molar-refractivity contribution in [3.8, 4) is 6.07 Å². The summed E-state index contributed by atoms with van der Waals surface area (Å²) in [5.41, 5.74) is 0.118. The second-order valence-corrected chi connectivity index (χ2v) is 6.65. The zero-order valence-electron chi connectivity index (χ0n) is 10.2. The Hall–Kier alpha value is -1.16. The Bertz CT molecular complexity index is 527. The summed E-state index contributed by atoms with van der Waals surface area (Å²) in [4.78, 5) is 12.7. The van der Waals surface area contributed by atoms with Crippen LogP contribution in [0, 0.1) is 11.3 Å². The van der Waals surface area contributed by atoms with E-state index in [1.165, 1.54) is 11.3 Å². The predicted molar refractivity (Wildman–Crippen MR) is 77.6 cm³/mol. The average molecular weight is 341 g/mol.